The Labute approximate surface area is 144 Å². The van der Waals surface area contributed by atoms with Crippen LogP contribution in [-0.4, -0.2) is 23.5 Å². The van der Waals surface area contributed by atoms with Crippen LogP contribution in [0.4, 0.5) is 0 Å². The summed E-state index contributed by atoms with van der Waals surface area (Å²) in [6, 6.07) is 6.72. The molecule has 0 bridgehead atoms. The Morgan fingerprint density at radius 1 is 1.22 bits per heavy atom. The first-order valence-electron chi connectivity index (χ1n) is 6.84. The molecule has 1 heterocycles. The zero-order valence-electron chi connectivity index (χ0n) is 12.1. The highest BCUT2D eigenvalue weighted by Crippen LogP contribution is 2.35. The Morgan fingerprint density at radius 3 is 2.61 bits per heavy atom. The number of esters is 1. The van der Waals surface area contributed by atoms with E-state index < -0.39 is 11.9 Å². The Bertz CT molecular complexity index is 965. The summed E-state index contributed by atoms with van der Waals surface area (Å²) < 4.78 is 5.60. The van der Waals surface area contributed by atoms with Gasteiger partial charge in [-0.25, -0.2) is 4.79 Å². The summed E-state index contributed by atoms with van der Waals surface area (Å²) in [4.78, 5) is 26.8. The fraction of sp³-hybridized carbons (Fsp3) is 0.125. The molecule has 5 nitrogen and oxygen atoms in total. The zero-order chi connectivity index (χ0) is 16.7. The number of H-pyrrole nitrogens is 1. The van der Waals surface area contributed by atoms with Crippen molar-refractivity contribution < 1.29 is 14.3 Å². The maximum atomic E-state index is 12.0. The van der Waals surface area contributed by atoms with Crippen LogP contribution >= 0.6 is 27.5 Å². The van der Waals surface area contributed by atoms with Gasteiger partial charge in [0.25, 0.3) is 5.91 Å². The highest BCUT2D eigenvalue weighted by molar-refractivity contribution is 9.10. The van der Waals surface area contributed by atoms with Crippen molar-refractivity contribution in [3.8, 4) is 0 Å². The maximum Gasteiger partial charge on any atom is 0.339 e. The molecule has 0 fully saturated rings. The summed E-state index contributed by atoms with van der Waals surface area (Å²) in [5.41, 5.74) is 7.38. The molecule has 0 aliphatic heterocycles. The van der Waals surface area contributed by atoms with E-state index in [2.05, 4.69) is 20.9 Å². The van der Waals surface area contributed by atoms with Gasteiger partial charge < -0.3 is 15.5 Å². The molecular formula is C16H12BrClN2O3. The molecule has 0 unspecified atom stereocenters. The molecule has 3 N–H and O–H groups in total. The number of primary amides is 1. The molecule has 2 aromatic carbocycles. The van der Waals surface area contributed by atoms with Crippen LogP contribution < -0.4 is 5.73 Å². The maximum absolute atomic E-state index is 12.0. The van der Waals surface area contributed by atoms with E-state index in [0.717, 1.165) is 10.8 Å². The number of carbonyl (C=O) groups excluding carboxylic acids is 2. The lowest BCUT2D eigenvalue weighted by molar-refractivity contribution is 0.0525. The third kappa shape index (κ3) is 2.58. The van der Waals surface area contributed by atoms with E-state index in [9.17, 15) is 9.59 Å². The predicted molar refractivity (Wildman–Crippen MR) is 93.0 cm³/mol. The van der Waals surface area contributed by atoms with Gasteiger partial charge >= 0.3 is 5.97 Å². The number of aromatic nitrogens is 1. The number of amides is 1. The van der Waals surface area contributed by atoms with E-state index in [4.69, 9.17) is 22.1 Å². The van der Waals surface area contributed by atoms with Crippen molar-refractivity contribution in [2.75, 3.05) is 6.61 Å². The standard InChI is InChI=1S/C16H12BrClN2O3/c1-2-23-16(22)9-4-3-8-10-5-7(18)6-11(15(19)21)13(10)20-14(8)12(9)17/h3-6,20H,2H2,1H3,(H2,19,21). The van der Waals surface area contributed by atoms with Crippen LogP contribution in [0.1, 0.15) is 27.6 Å². The minimum absolute atomic E-state index is 0.289. The monoisotopic (exact) mass is 394 g/mol. The van der Waals surface area contributed by atoms with Gasteiger partial charge in [0.05, 0.1) is 33.2 Å². The van der Waals surface area contributed by atoms with Gasteiger partial charge in [0.2, 0.25) is 0 Å². The van der Waals surface area contributed by atoms with E-state index >= 15 is 0 Å². The van der Waals surface area contributed by atoms with Crippen LogP contribution in [0.15, 0.2) is 28.7 Å². The average molecular weight is 396 g/mol. The third-order valence-electron chi connectivity index (χ3n) is 3.55. The first-order valence-corrected chi connectivity index (χ1v) is 8.01. The van der Waals surface area contributed by atoms with Gasteiger partial charge in [0.15, 0.2) is 0 Å². The number of nitrogens with one attached hydrogen (secondary N) is 1. The smallest absolute Gasteiger partial charge is 0.339 e. The number of benzene rings is 2. The summed E-state index contributed by atoms with van der Waals surface area (Å²) in [6.45, 7) is 2.03. The normalized spacial score (nSPS) is 11.1. The number of aromatic amines is 1. The average Bonchev–Trinajstić information content (AvgIpc) is 2.86. The van der Waals surface area contributed by atoms with Gasteiger partial charge in [-0.05, 0) is 41.1 Å². The van der Waals surface area contributed by atoms with Gasteiger partial charge in [-0.15, -0.1) is 0 Å². The number of hydrogen-bond acceptors (Lipinski definition) is 3. The SMILES string of the molecule is CCOC(=O)c1ccc2c([nH]c3c(C(N)=O)cc(Cl)cc32)c1Br. The first kappa shape index (κ1) is 15.8. The number of ether oxygens (including phenoxy) is 1. The van der Waals surface area contributed by atoms with Crippen LogP contribution in [0, 0.1) is 0 Å². The number of carbonyl (C=O) groups is 2. The van der Waals surface area contributed by atoms with E-state index in [-0.39, 0.29) is 6.61 Å². The fourth-order valence-electron chi connectivity index (χ4n) is 2.56. The summed E-state index contributed by atoms with van der Waals surface area (Å²) in [5.74, 6) is -1.00. The molecule has 0 atom stereocenters. The largest absolute Gasteiger partial charge is 0.462 e. The second kappa shape index (κ2) is 5.86. The van der Waals surface area contributed by atoms with E-state index in [0.29, 0.717) is 31.7 Å². The molecular weight excluding hydrogens is 384 g/mol. The van der Waals surface area contributed by atoms with Crippen molar-refractivity contribution in [3.05, 3.63) is 44.9 Å². The molecule has 118 valence electrons. The molecule has 3 rings (SSSR count). The lowest BCUT2D eigenvalue weighted by atomic mass is 10.1. The quantitative estimate of drug-likeness (QED) is 0.657. The van der Waals surface area contributed by atoms with Gasteiger partial charge in [0, 0.05) is 15.8 Å². The lowest BCUT2D eigenvalue weighted by Crippen LogP contribution is -2.11. The molecule has 0 saturated heterocycles. The highest BCUT2D eigenvalue weighted by Gasteiger charge is 2.19. The van der Waals surface area contributed by atoms with Crippen molar-refractivity contribution >= 4 is 61.2 Å². The van der Waals surface area contributed by atoms with Crippen LogP contribution in [0.25, 0.3) is 21.8 Å². The number of halogens is 2. The molecule has 0 saturated carbocycles. The number of rotatable bonds is 3. The Balaban J connectivity index is 2.35. The second-order valence-corrected chi connectivity index (χ2v) is 6.16. The molecule has 1 amide bonds. The van der Waals surface area contributed by atoms with E-state index in [1.54, 1.807) is 25.1 Å². The summed E-state index contributed by atoms with van der Waals surface area (Å²) in [7, 11) is 0. The number of hydrogen-bond donors (Lipinski definition) is 2. The van der Waals surface area contributed by atoms with Crippen LogP contribution in [-0.2, 0) is 4.74 Å². The summed E-state index contributed by atoms with van der Waals surface area (Å²) in [6.07, 6.45) is 0. The van der Waals surface area contributed by atoms with Crippen molar-refractivity contribution in [3.63, 3.8) is 0 Å². The van der Waals surface area contributed by atoms with Gasteiger partial charge in [-0.1, -0.05) is 17.7 Å². The Morgan fingerprint density at radius 2 is 1.96 bits per heavy atom. The van der Waals surface area contributed by atoms with Crippen LogP contribution in [0.3, 0.4) is 0 Å². The molecule has 0 aliphatic carbocycles. The Kier molecular flexibility index (Phi) is 4.04. The highest BCUT2D eigenvalue weighted by atomic mass is 79.9. The second-order valence-electron chi connectivity index (χ2n) is 4.94. The van der Waals surface area contributed by atoms with Crippen LogP contribution in [0.2, 0.25) is 5.02 Å². The van der Waals surface area contributed by atoms with Gasteiger partial charge in [0.1, 0.15) is 0 Å². The molecule has 0 radical (unpaired) electrons. The van der Waals surface area contributed by atoms with Crippen molar-refractivity contribution in [2.24, 2.45) is 5.73 Å². The minimum Gasteiger partial charge on any atom is -0.462 e. The van der Waals surface area contributed by atoms with Crippen molar-refractivity contribution in [2.45, 2.75) is 6.92 Å². The van der Waals surface area contributed by atoms with E-state index in [1.807, 2.05) is 0 Å². The molecule has 0 aliphatic rings. The summed E-state index contributed by atoms with van der Waals surface area (Å²) >= 11 is 9.51. The van der Waals surface area contributed by atoms with Crippen LogP contribution in [0.5, 0.6) is 0 Å². The number of fused-ring (bicyclic) bond motifs is 3. The molecule has 3 aromatic rings. The van der Waals surface area contributed by atoms with Gasteiger partial charge in [-0.2, -0.15) is 0 Å². The topological polar surface area (TPSA) is 85.2 Å². The number of nitrogens with two attached hydrogens (primary N) is 1. The van der Waals surface area contributed by atoms with E-state index in [1.165, 1.54) is 6.07 Å². The Hall–Kier alpha value is -2.05. The third-order valence-corrected chi connectivity index (χ3v) is 4.59. The van der Waals surface area contributed by atoms with Gasteiger partial charge in [-0.3, -0.25) is 4.79 Å². The molecule has 7 heteroatoms. The molecule has 23 heavy (non-hydrogen) atoms. The fourth-order valence-corrected chi connectivity index (χ4v) is 3.39. The van der Waals surface area contributed by atoms with Crippen molar-refractivity contribution in [1.29, 1.82) is 0 Å². The predicted octanol–water partition coefficient (Wildman–Crippen LogP) is 4.01. The zero-order valence-corrected chi connectivity index (χ0v) is 14.4. The van der Waals surface area contributed by atoms with Crippen molar-refractivity contribution in [1.82, 2.24) is 4.98 Å². The minimum atomic E-state index is -0.578. The first-order chi connectivity index (χ1) is 10.9. The molecule has 1 aromatic heterocycles. The lowest BCUT2D eigenvalue weighted by Gasteiger charge is -2.05. The molecule has 0 spiro atoms. The summed E-state index contributed by atoms with van der Waals surface area (Å²) in [5, 5.41) is 2.00.